The summed E-state index contributed by atoms with van der Waals surface area (Å²) >= 11 is 0. The molecule has 0 aliphatic heterocycles. The molecule has 0 aliphatic carbocycles. The van der Waals surface area contributed by atoms with Gasteiger partial charge in [-0.15, -0.1) is 0 Å². The van der Waals surface area contributed by atoms with E-state index in [2.05, 4.69) is 4.98 Å². The van der Waals surface area contributed by atoms with Gasteiger partial charge in [-0.3, -0.25) is 0 Å². The highest BCUT2D eigenvalue weighted by atomic mass is 35.7. The Kier molecular flexibility index (Phi) is 3.15. The number of pyridine rings is 1. The highest BCUT2D eigenvalue weighted by molar-refractivity contribution is 8.13. The van der Waals surface area contributed by atoms with Crippen molar-refractivity contribution in [1.29, 1.82) is 0 Å². The first-order valence-electron chi connectivity index (χ1n) is 3.67. The second kappa shape index (κ2) is 3.90. The Morgan fingerprint density at radius 3 is 2.47 bits per heavy atom. The van der Waals surface area contributed by atoms with Crippen molar-refractivity contribution in [2.75, 3.05) is 0 Å². The molecule has 0 radical (unpaired) electrons. The van der Waals surface area contributed by atoms with Crippen LogP contribution in [0.2, 0.25) is 0 Å². The van der Waals surface area contributed by atoms with Gasteiger partial charge in [0.05, 0.1) is 5.69 Å². The van der Waals surface area contributed by atoms with Crippen LogP contribution in [0.3, 0.4) is 0 Å². The molecule has 0 atom stereocenters. The predicted octanol–water partition coefficient (Wildman–Crippen LogP) is 1.96. The Labute approximate surface area is 88.9 Å². The first kappa shape index (κ1) is 12.1. The van der Waals surface area contributed by atoms with Gasteiger partial charge in [-0.05, 0) is 13.0 Å². The number of hydrogen-bond donors (Lipinski definition) is 1. The van der Waals surface area contributed by atoms with Crippen LogP contribution in [-0.2, 0) is 9.05 Å². The van der Waals surface area contributed by atoms with Crippen LogP contribution in [-0.4, -0.2) is 18.5 Å². The zero-order valence-corrected chi connectivity index (χ0v) is 8.98. The van der Waals surface area contributed by atoms with Crippen molar-refractivity contribution in [2.24, 2.45) is 0 Å². The molecule has 0 fully saturated rings. The van der Waals surface area contributed by atoms with Gasteiger partial charge in [-0.25, -0.2) is 22.2 Å². The Bertz CT molecular complexity index is 489. The minimum atomic E-state index is -4.26. The fourth-order valence-corrected chi connectivity index (χ4v) is 1.95. The first-order chi connectivity index (χ1) is 6.73. The van der Waals surface area contributed by atoms with Crippen LogP contribution < -0.4 is 0 Å². The highest BCUT2D eigenvalue weighted by Crippen LogP contribution is 2.31. The van der Waals surface area contributed by atoms with Crippen LogP contribution in [0.4, 0.5) is 8.78 Å². The number of rotatable bonds is 2. The number of aryl methyl sites for hydroxylation is 1. The first-order valence-corrected chi connectivity index (χ1v) is 5.97. The van der Waals surface area contributed by atoms with Crippen molar-refractivity contribution in [3.63, 3.8) is 0 Å². The van der Waals surface area contributed by atoms with Gasteiger partial charge in [0.2, 0.25) is 0 Å². The van der Waals surface area contributed by atoms with E-state index in [1.165, 1.54) is 6.92 Å². The van der Waals surface area contributed by atoms with Crippen molar-refractivity contribution in [2.45, 2.75) is 18.2 Å². The van der Waals surface area contributed by atoms with Gasteiger partial charge >= 0.3 is 0 Å². The number of aromatic hydroxyl groups is 1. The van der Waals surface area contributed by atoms with Crippen LogP contribution in [0.25, 0.3) is 0 Å². The zero-order chi connectivity index (χ0) is 11.8. The van der Waals surface area contributed by atoms with E-state index in [9.17, 15) is 22.3 Å². The Balaban J connectivity index is 3.52. The van der Waals surface area contributed by atoms with Crippen LogP contribution >= 0.6 is 10.7 Å². The van der Waals surface area contributed by atoms with Crippen LogP contribution in [0, 0.1) is 6.92 Å². The number of halogens is 3. The third-order valence-electron chi connectivity index (χ3n) is 1.64. The monoisotopic (exact) mass is 257 g/mol. The van der Waals surface area contributed by atoms with Crippen molar-refractivity contribution in [3.8, 4) is 5.75 Å². The van der Waals surface area contributed by atoms with E-state index < -0.39 is 31.8 Å². The molecule has 0 saturated heterocycles. The largest absolute Gasteiger partial charge is 0.505 e. The summed E-state index contributed by atoms with van der Waals surface area (Å²) in [6, 6.07) is 0.551. The van der Waals surface area contributed by atoms with Crippen molar-refractivity contribution in [3.05, 3.63) is 17.5 Å². The topological polar surface area (TPSA) is 67.3 Å². The summed E-state index contributed by atoms with van der Waals surface area (Å²) in [7, 11) is 0.689. The summed E-state index contributed by atoms with van der Waals surface area (Å²) in [4.78, 5) is 2.57. The second-order valence-corrected chi connectivity index (χ2v) is 5.25. The van der Waals surface area contributed by atoms with Gasteiger partial charge in [-0.1, -0.05) is 0 Å². The van der Waals surface area contributed by atoms with Crippen molar-refractivity contribution in [1.82, 2.24) is 4.98 Å². The number of hydrogen-bond acceptors (Lipinski definition) is 4. The number of alkyl halides is 2. The zero-order valence-electron chi connectivity index (χ0n) is 7.41. The molecule has 8 heteroatoms. The lowest BCUT2D eigenvalue weighted by molar-refractivity contribution is 0.145. The van der Waals surface area contributed by atoms with E-state index in [-0.39, 0.29) is 5.69 Å². The molecular formula is C7H6ClF2NO3S. The molecule has 84 valence electrons. The lowest BCUT2D eigenvalue weighted by atomic mass is 10.3. The summed E-state index contributed by atoms with van der Waals surface area (Å²) < 4.78 is 46.4. The third kappa shape index (κ3) is 2.54. The molecule has 0 unspecified atom stereocenters. The van der Waals surface area contributed by atoms with E-state index in [4.69, 9.17) is 10.7 Å². The van der Waals surface area contributed by atoms with E-state index in [1.54, 1.807) is 0 Å². The number of aromatic nitrogens is 1. The smallest absolute Gasteiger partial charge is 0.280 e. The maximum absolute atomic E-state index is 12.3. The summed E-state index contributed by atoms with van der Waals surface area (Å²) in [5.41, 5.74) is -0.962. The molecule has 0 bridgehead atoms. The lowest BCUT2D eigenvalue weighted by Gasteiger charge is -2.06. The van der Waals surface area contributed by atoms with Gasteiger partial charge in [0.15, 0.2) is 5.75 Å². The highest BCUT2D eigenvalue weighted by Gasteiger charge is 2.22. The van der Waals surface area contributed by atoms with Crippen LogP contribution in [0.15, 0.2) is 11.0 Å². The molecule has 1 aromatic heterocycles. The summed E-state index contributed by atoms with van der Waals surface area (Å²) in [5, 5.41) is 9.27. The quantitative estimate of drug-likeness (QED) is 0.823. The van der Waals surface area contributed by atoms with E-state index >= 15 is 0 Å². The molecule has 0 aliphatic rings. The van der Waals surface area contributed by atoms with Gasteiger partial charge in [-0.2, -0.15) is 0 Å². The standard InChI is InChI=1S/C7H6ClF2NO3S/c1-3-6(12)5(15(8,13)14)2-4(11-3)7(9)10/h2,7,12H,1H3. The third-order valence-corrected chi connectivity index (χ3v) is 2.97. The van der Waals surface area contributed by atoms with Crippen LogP contribution in [0.5, 0.6) is 5.75 Å². The van der Waals surface area contributed by atoms with E-state index in [0.29, 0.717) is 6.07 Å². The van der Waals surface area contributed by atoms with Gasteiger partial charge < -0.3 is 5.11 Å². The normalized spacial score (nSPS) is 12.1. The Hall–Kier alpha value is -0.950. The molecule has 4 nitrogen and oxygen atoms in total. The summed E-state index contributed by atoms with van der Waals surface area (Å²) in [5.74, 6) is -0.714. The maximum atomic E-state index is 12.3. The summed E-state index contributed by atoms with van der Waals surface area (Å²) in [6.07, 6.45) is -2.93. The fourth-order valence-electron chi connectivity index (χ4n) is 0.957. The van der Waals surface area contributed by atoms with Crippen molar-refractivity contribution >= 4 is 19.7 Å². The van der Waals surface area contributed by atoms with E-state index in [0.717, 1.165) is 0 Å². The van der Waals surface area contributed by atoms with Gasteiger partial charge in [0.1, 0.15) is 10.6 Å². The minimum Gasteiger partial charge on any atom is -0.505 e. The molecule has 15 heavy (non-hydrogen) atoms. The van der Waals surface area contributed by atoms with E-state index in [1.807, 2.05) is 0 Å². The second-order valence-electron chi connectivity index (χ2n) is 2.72. The summed E-state index contributed by atoms with van der Waals surface area (Å²) in [6.45, 7) is 1.20. The molecule has 0 amide bonds. The van der Waals surface area contributed by atoms with Crippen LogP contribution in [0.1, 0.15) is 17.8 Å². The van der Waals surface area contributed by atoms with Gasteiger partial charge in [0.25, 0.3) is 15.5 Å². The van der Waals surface area contributed by atoms with Crippen molar-refractivity contribution < 1.29 is 22.3 Å². The molecule has 1 rings (SSSR count). The molecule has 1 aromatic rings. The lowest BCUT2D eigenvalue weighted by Crippen LogP contribution is -2.00. The van der Waals surface area contributed by atoms with Gasteiger partial charge in [0, 0.05) is 10.7 Å². The molecular weight excluding hydrogens is 252 g/mol. The molecule has 1 N–H and O–H groups in total. The molecule has 1 heterocycles. The predicted molar refractivity (Wildman–Crippen MR) is 48.6 cm³/mol. The average Bonchev–Trinajstić information content (AvgIpc) is 2.06. The maximum Gasteiger partial charge on any atom is 0.280 e. The molecule has 0 saturated carbocycles. The fraction of sp³-hybridized carbons (Fsp3) is 0.286. The minimum absolute atomic E-state index is 0.216. The SMILES string of the molecule is Cc1nc(C(F)F)cc(S(=O)(=O)Cl)c1O. The molecule has 0 spiro atoms. The Morgan fingerprint density at radius 2 is 2.07 bits per heavy atom. The Morgan fingerprint density at radius 1 is 1.53 bits per heavy atom. The number of nitrogens with zero attached hydrogens (tertiary/aromatic N) is 1. The average molecular weight is 258 g/mol. The molecule has 0 aromatic carbocycles.